The molecule has 1 saturated heterocycles. The molecule has 1 heterocycles. The van der Waals surface area contributed by atoms with Crippen LogP contribution in [0.2, 0.25) is 0 Å². The van der Waals surface area contributed by atoms with Crippen LogP contribution in [0.5, 0.6) is 0 Å². The summed E-state index contributed by atoms with van der Waals surface area (Å²) in [5.74, 6) is -1.57. The van der Waals surface area contributed by atoms with Gasteiger partial charge in [0.05, 0.1) is 0 Å². The van der Waals surface area contributed by atoms with Crippen LogP contribution in [-0.4, -0.2) is 35.2 Å². The number of nitrogens with two attached hydrogens (primary N) is 1. The molecule has 2 aliphatic rings. The highest BCUT2D eigenvalue weighted by atomic mass is 16.2. The van der Waals surface area contributed by atoms with E-state index < -0.39 is 29.2 Å². The summed E-state index contributed by atoms with van der Waals surface area (Å²) in [4.78, 5) is 47.8. The van der Waals surface area contributed by atoms with Gasteiger partial charge >= 0.3 is 6.03 Å². The maximum Gasteiger partial charge on any atom is 0.330 e. The second-order valence-corrected chi connectivity index (χ2v) is 5.08. The lowest BCUT2D eigenvalue weighted by Gasteiger charge is -2.41. The third-order valence-corrected chi connectivity index (χ3v) is 3.84. The molecule has 7 heteroatoms. The first kappa shape index (κ1) is 13.5. The van der Waals surface area contributed by atoms with Gasteiger partial charge in [-0.2, -0.15) is 0 Å². The van der Waals surface area contributed by atoms with Gasteiger partial charge in [0.1, 0.15) is 5.41 Å². The van der Waals surface area contributed by atoms with Crippen molar-refractivity contribution in [1.29, 1.82) is 0 Å². The van der Waals surface area contributed by atoms with Crippen molar-refractivity contribution in [3.63, 3.8) is 0 Å². The Kier molecular flexibility index (Phi) is 3.55. The van der Waals surface area contributed by atoms with Gasteiger partial charge in [-0.3, -0.25) is 24.6 Å². The van der Waals surface area contributed by atoms with Crippen molar-refractivity contribution in [3.05, 3.63) is 0 Å². The van der Waals surface area contributed by atoms with Gasteiger partial charge in [0, 0.05) is 13.0 Å². The summed E-state index contributed by atoms with van der Waals surface area (Å²) in [5.41, 5.74) is 3.90. The highest BCUT2D eigenvalue weighted by Gasteiger charge is 2.53. The van der Waals surface area contributed by atoms with Crippen LogP contribution in [0.1, 0.15) is 38.5 Å². The second kappa shape index (κ2) is 4.99. The summed E-state index contributed by atoms with van der Waals surface area (Å²) in [6.07, 6.45) is 3.38. The lowest BCUT2D eigenvalue weighted by molar-refractivity contribution is -0.153. The number of urea groups is 1. The lowest BCUT2D eigenvalue weighted by Crippen LogP contribution is -2.64. The molecule has 1 spiro atoms. The molecule has 7 nitrogen and oxygen atoms in total. The molecule has 0 aromatic heterocycles. The number of carbonyl (C=O) groups is 4. The Morgan fingerprint density at radius 1 is 1.21 bits per heavy atom. The van der Waals surface area contributed by atoms with Gasteiger partial charge in [-0.25, -0.2) is 4.79 Å². The second-order valence-electron chi connectivity index (χ2n) is 5.08. The number of amides is 5. The molecule has 1 aliphatic heterocycles. The number of barbiturate groups is 1. The molecule has 0 bridgehead atoms. The summed E-state index contributed by atoms with van der Waals surface area (Å²) in [6, 6.07) is -0.757. The normalized spacial score (nSPS) is 22.5. The van der Waals surface area contributed by atoms with Crippen LogP contribution in [0.15, 0.2) is 0 Å². The molecule has 0 aromatic rings. The molecule has 0 unspecified atom stereocenters. The quantitative estimate of drug-likeness (QED) is 0.695. The Hall–Kier alpha value is -1.92. The van der Waals surface area contributed by atoms with E-state index in [1.54, 1.807) is 0 Å². The van der Waals surface area contributed by atoms with Gasteiger partial charge in [-0.05, 0) is 12.8 Å². The van der Waals surface area contributed by atoms with E-state index >= 15 is 0 Å². The number of imide groups is 2. The molecule has 2 fully saturated rings. The highest BCUT2D eigenvalue weighted by molar-refractivity contribution is 6.19. The van der Waals surface area contributed by atoms with Crippen molar-refractivity contribution in [2.24, 2.45) is 11.1 Å². The molecule has 0 atom stereocenters. The number of rotatable bonds is 3. The Morgan fingerprint density at radius 3 is 2.42 bits per heavy atom. The molecule has 0 radical (unpaired) electrons. The predicted octanol–water partition coefficient (Wildman–Crippen LogP) is -0.109. The first-order valence-corrected chi connectivity index (χ1v) is 6.43. The van der Waals surface area contributed by atoms with Crippen molar-refractivity contribution < 1.29 is 19.2 Å². The Balaban J connectivity index is 2.20. The molecule has 1 aliphatic carbocycles. The zero-order valence-corrected chi connectivity index (χ0v) is 10.6. The highest BCUT2D eigenvalue weighted by Crippen LogP contribution is 2.40. The standard InChI is InChI=1S/C12H17N3O4/c13-8(16)4-7-15-10(18)12(5-2-1-3-6-12)9(17)14-11(15)19/h1-7H2,(H2,13,16)(H,14,17,19). The third-order valence-electron chi connectivity index (χ3n) is 3.84. The van der Waals surface area contributed by atoms with E-state index in [-0.39, 0.29) is 13.0 Å². The van der Waals surface area contributed by atoms with Crippen molar-refractivity contribution in [2.45, 2.75) is 38.5 Å². The van der Waals surface area contributed by atoms with E-state index in [4.69, 9.17) is 5.73 Å². The molecule has 5 amide bonds. The largest absolute Gasteiger partial charge is 0.370 e. The van der Waals surface area contributed by atoms with Gasteiger partial charge in [-0.15, -0.1) is 0 Å². The fourth-order valence-corrected chi connectivity index (χ4v) is 2.75. The lowest BCUT2D eigenvalue weighted by atomic mass is 9.71. The molecular formula is C12H17N3O4. The van der Waals surface area contributed by atoms with Crippen LogP contribution in [-0.2, 0) is 14.4 Å². The molecule has 3 N–H and O–H groups in total. The van der Waals surface area contributed by atoms with Gasteiger partial charge in [0.15, 0.2) is 0 Å². The molecule has 19 heavy (non-hydrogen) atoms. The van der Waals surface area contributed by atoms with Crippen LogP contribution in [0.3, 0.4) is 0 Å². The van der Waals surface area contributed by atoms with Crippen LogP contribution in [0.4, 0.5) is 4.79 Å². The van der Waals surface area contributed by atoms with Gasteiger partial charge in [0.2, 0.25) is 17.7 Å². The van der Waals surface area contributed by atoms with E-state index in [0.717, 1.165) is 24.2 Å². The minimum absolute atomic E-state index is 0.0744. The van der Waals surface area contributed by atoms with E-state index in [9.17, 15) is 19.2 Å². The molecule has 2 rings (SSSR count). The number of hydrogen-bond donors (Lipinski definition) is 2. The van der Waals surface area contributed by atoms with Crippen molar-refractivity contribution >= 4 is 23.8 Å². The van der Waals surface area contributed by atoms with Crippen molar-refractivity contribution in [2.75, 3.05) is 6.54 Å². The smallest absolute Gasteiger partial charge is 0.330 e. The van der Waals surface area contributed by atoms with Gasteiger partial charge in [0.25, 0.3) is 0 Å². The topological polar surface area (TPSA) is 110 Å². The molecule has 104 valence electrons. The molecule has 0 aromatic carbocycles. The summed E-state index contributed by atoms with van der Waals surface area (Å²) in [5, 5.41) is 2.22. The average molecular weight is 267 g/mol. The SMILES string of the molecule is NC(=O)CCN1C(=O)NC(=O)C2(CCCCC2)C1=O. The number of hydrogen-bond acceptors (Lipinski definition) is 4. The van der Waals surface area contributed by atoms with Crippen LogP contribution < -0.4 is 11.1 Å². The fraction of sp³-hybridized carbons (Fsp3) is 0.667. The van der Waals surface area contributed by atoms with E-state index in [1.807, 2.05) is 0 Å². The summed E-state index contributed by atoms with van der Waals surface area (Å²) in [7, 11) is 0. The van der Waals surface area contributed by atoms with E-state index in [0.29, 0.717) is 12.8 Å². The minimum atomic E-state index is -1.12. The Morgan fingerprint density at radius 2 is 1.84 bits per heavy atom. The van der Waals surface area contributed by atoms with E-state index in [2.05, 4.69) is 5.32 Å². The maximum absolute atomic E-state index is 12.4. The zero-order valence-electron chi connectivity index (χ0n) is 10.6. The summed E-state index contributed by atoms with van der Waals surface area (Å²) < 4.78 is 0. The maximum atomic E-state index is 12.4. The molecule has 1 saturated carbocycles. The number of primary amides is 1. The Bertz CT molecular complexity index is 440. The van der Waals surface area contributed by atoms with Crippen LogP contribution >= 0.6 is 0 Å². The third kappa shape index (κ3) is 2.32. The van der Waals surface area contributed by atoms with Crippen molar-refractivity contribution in [3.8, 4) is 0 Å². The summed E-state index contributed by atoms with van der Waals surface area (Å²) >= 11 is 0. The van der Waals surface area contributed by atoms with Gasteiger partial charge in [-0.1, -0.05) is 19.3 Å². The Labute approximate surface area is 110 Å². The van der Waals surface area contributed by atoms with Crippen molar-refractivity contribution in [1.82, 2.24) is 10.2 Å². The van der Waals surface area contributed by atoms with Gasteiger partial charge < -0.3 is 5.73 Å². The van der Waals surface area contributed by atoms with Crippen LogP contribution in [0.25, 0.3) is 0 Å². The van der Waals surface area contributed by atoms with E-state index in [1.165, 1.54) is 0 Å². The first-order chi connectivity index (χ1) is 8.97. The molecular weight excluding hydrogens is 250 g/mol. The van der Waals surface area contributed by atoms with Crippen LogP contribution in [0, 0.1) is 5.41 Å². The zero-order chi connectivity index (χ0) is 14.0. The minimum Gasteiger partial charge on any atom is -0.370 e. The average Bonchev–Trinajstić information content (AvgIpc) is 2.37. The first-order valence-electron chi connectivity index (χ1n) is 6.43. The monoisotopic (exact) mass is 267 g/mol. The number of carbonyl (C=O) groups excluding carboxylic acids is 4. The fourth-order valence-electron chi connectivity index (χ4n) is 2.75. The number of nitrogens with one attached hydrogen (secondary N) is 1. The summed E-state index contributed by atoms with van der Waals surface area (Å²) in [6.45, 7) is -0.0744. The predicted molar refractivity (Wildman–Crippen MR) is 64.6 cm³/mol. The number of nitrogens with zero attached hydrogens (tertiary/aromatic N) is 1.